The van der Waals surface area contributed by atoms with Crippen molar-refractivity contribution in [3.05, 3.63) is 217 Å². The van der Waals surface area contributed by atoms with Gasteiger partial charge in [0.2, 0.25) is 0 Å². The number of benzene rings is 11. The van der Waals surface area contributed by atoms with Gasteiger partial charge >= 0.3 is 0 Å². The summed E-state index contributed by atoms with van der Waals surface area (Å²) in [5.74, 6) is 0. The maximum atomic E-state index is 2.47. The van der Waals surface area contributed by atoms with Gasteiger partial charge in [-0.1, -0.05) is 202 Å². The predicted octanol–water partition coefficient (Wildman–Crippen LogP) is 16.4. The molecule has 0 bridgehead atoms. The Morgan fingerprint density at radius 2 is 0.593 bits per heavy atom. The number of rotatable bonds is 4. The van der Waals surface area contributed by atoms with Crippen molar-refractivity contribution >= 4 is 53.9 Å². The molecule has 0 heterocycles. The molecule has 276 valence electrons. The topological polar surface area (TPSA) is 0 Å². The molecule has 0 aromatic heterocycles. The molecule has 11 aromatic carbocycles. The highest BCUT2D eigenvalue weighted by atomic mass is 14.4. The molecule has 0 radical (unpaired) electrons. The van der Waals surface area contributed by atoms with Crippen LogP contribution in [-0.4, -0.2) is 0 Å². The second kappa shape index (κ2) is 12.9. The van der Waals surface area contributed by atoms with Crippen molar-refractivity contribution in [1.29, 1.82) is 0 Å². The van der Waals surface area contributed by atoms with Crippen LogP contribution in [0.3, 0.4) is 0 Å². The van der Waals surface area contributed by atoms with E-state index in [9.17, 15) is 0 Å². The highest BCUT2D eigenvalue weighted by molar-refractivity contribution is 6.23. The summed E-state index contributed by atoms with van der Waals surface area (Å²) < 4.78 is 0. The fourth-order valence-corrected chi connectivity index (χ4v) is 10.5. The van der Waals surface area contributed by atoms with E-state index in [1.807, 2.05) is 0 Å². The van der Waals surface area contributed by atoms with Gasteiger partial charge in [-0.2, -0.15) is 0 Å². The molecule has 0 amide bonds. The zero-order chi connectivity index (χ0) is 39.2. The van der Waals surface area contributed by atoms with Crippen molar-refractivity contribution in [2.75, 3.05) is 0 Å². The zero-order valence-corrected chi connectivity index (χ0v) is 33.1. The van der Waals surface area contributed by atoms with Crippen LogP contribution in [-0.2, 0) is 5.41 Å². The monoisotopic (exact) mass is 748 g/mol. The van der Waals surface area contributed by atoms with Crippen LogP contribution in [0, 0.1) is 0 Å². The first-order chi connectivity index (χ1) is 29.0. The predicted molar refractivity (Wildman–Crippen MR) is 253 cm³/mol. The third-order valence-corrected chi connectivity index (χ3v) is 13.2. The summed E-state index contributed by atoms with van der Waals surface area (Å²) in [6.45, 7) is 4.74. The van der Waals surface area contributed by atoms with Crippen molar-refractivity contribution in [3.63, 3.8) is 0 Å². The van der Waals surface area contributed by atoms with E-state index in [0.29, 0.717) is 0 Å². The van der Waals surface area contributed by atoms with Crippen LogP contribution in [0.1, 0.15) is 25.0 Å². The summed E-state index contributed by atoms with van der Waals surface area (Å²) in [4.78, 5) is 0. The van der Waals surface area contributed by atoms with Gasteiger partial charge in [0, 0.05) is 5.41 Å². The third-order valence-electron chi connectivity index (χ3n) is 13.2. The number of fused-ring (bicyclic) bond motifs is 8. The van der Waals surface area contributed by atoms with Crippen molar-refractivity contribution in [2.24, 2.45) is 0 Å². The molecular formula is C59H40. The van der Waals surface area contributed by atoms with Gasteiger partial charge in [0.1, 0.15) is 0 Å². The van der Waals surface area contributed by atoms with Gasteiger partial charge in [-0.15, -0.1) is 0 Å². The first kappa shape index (κ1) is 33.8. The van der Waals surface area contributed by atoms with E-state index in [0.717, 1.165) is 0 Å². The van der Waals surface area contributed by atoms with Crippen LogP contribution in [0.15, 0.2) is 206 Å². The van der Waals surface area contributed by atoms with Gasteiger partial charge in [0.15, 0.2) is 0 Å². The maximum Gasteiger partial charge on any atom is 0.0159 e. The molecule has 0 unspecified atom stereocenters. The molecule has 0 spiro atoms. The van der Waals surface area contributed by atoms with Crippen LogP contribution >= 0.6 is 0 Å². The number of hydrogen-bond donors (Lipinski definition) is 0. The Hall–Kier alpha value is -7.28. The van der Waals surface area contributed by atoms with Crippen molar-refractivity contribution in [2.45, 2.75) is 19.3 Å². The van der Waals surface area contributed by atoms with E-state index in [1.165, 1.54) is 121 Å². The highest BCUT2D eigenvalue weighted by Gasteiger charge is 2.35. The second-order valence-corrected chi connectivity index (χ2v) is 16.8. The molecule has 11 aromatic rings. The SMILES string of the molecule is CC1(C)c2ccccc2-c2ccc(-c3c4ccccc4c(-c4ccc5cc(-c6c7ccccc7c(-c7ccccc7)c7ccccc67)ccc5c4)c4ccccc34)cc21. The molecular weight excluding hydrogens is 709 g/mol. The highest BCUT2D eigenvalue weighted by Crippen LogP contribution is 2.52. The van der Waals surface area contributed by atoms with Crippen molar-refractivity contribution < 1.29 is 0 Å². The Bertz CT molecular complexity index is 3400. The van der Waals surface area contributed by atoms with Crippen molar-refractivity contribution in [1.82, 2.24) is 0 Å². The molecule has 0 saturated heterocycles. The summed E-state index contributed by atoms with van der Waals surface area (Å²) in [6.07, 6.45) is 0. The minimum Gasteiger partial charge on any atom is -0.0622 e. The minimum atomic E-state index is -0.0652. The van der Waals surface area contributed by atoms with Gasteiger partial charge < -0.3 is 0 Å². The maximum absolute atomic E-state index is 2.47. The van der Waals surface area contributed by atoms with Gasteiger partial charge in [-0.25, -0.2) is 0 Å². The Morgan fingerprint density at radius 3 is 1.05 bits per heavy atom. The average molecular weight is 749 g/mol. The molecule has 0 aliphatic heterocycles. The first-order valence-electron chi connectivity index (χ1n) is 20.8. The molecule has 0 saturated carbocycles. The molecule has 0 atom stereocenters. The Labute approximate surface area is 344 Å². The van der Waals surface area contributed by atoms with E-state index < -0.39 is 0 Å². The standard InChI is InChI=1S/C59H40/c1-59(2)53-27-15-14-18-43(53)44-33-32-42(36-54(44)59)58-51-25-12-10-23-49(51)57(50-24-11-13-26-52(50)58)41-31-29-38-34-40(30-28-39(38)35-41)56-47-21-8-6-19-45(47)55(37-16-4-3-5-17-37)46-20-7-9-22-48(46)56/h3-36H,1-2H3. The lowest BCUT2D eigenvalue weighted by Gasteiger charge is -2.23. The Morgan fingerprint density at radius 1 is 0.254 bits per heavy atom. The molecule has 0 fully saturated rings. The molecule has 1 aliphatic rings. The molecule has 0 nitrogen and oxygen atoms in total. The lowest BCUT2D eigenvalue weighted by molar-refractivity contribution is 0.660. The lowest BCUT2D eigenvalue weighted by Crippen LogP contribution is -2.14. The smallest absolute Gasteiger partial charge is 0.0159 e. The van der Waals surface area contributed by atoms with Crippen LogP contribution in [0.25, 0.3) is 109 Å². The van der Waals surface area contributed by atoms with E-state index in [2.05, 4.69) is 220 Å². The van der Waals surface area contributed by atoms with E-state index >= 15 is 0 Å². The normalized spacial score (nSPS) is 13.1. The summed E-state index contributed by atoms with van der Waals surface area (Å²) >= 11 is 0. The summed E-state index contributed by atoms with van der Waals surface area (Å²) in [7, 11) is 0. The number of hydrogen-bond acceptors (Lipinski definition) is 0. The first-order valence-corrected chi connectivity index (χ1v) is 20.8. The Kier molecular flexibility index (Phi) is 7.38. The second-order valence-electron chi connectivity index (χ2n) is 16.8. The summed E-state index contributed by atoms with van der Waals surface area (Å²) in [5, 5.41) is 12.7. The molecule has 12 rings (SSSR count). The largest absolute Gasteiger partial charge is 0.0622 e. The quantitative estimate of drug-likeness (QED) is 0.157. The van der Waals surface area contributed by atoms with Gasteiger partial charge in [-0.05, 0) is 139 Å². The van der Waals surface area contributed by atoms with E-state index in [-0.39, 0.29) is 5.41 Å². The molecule has 1 aliphatic carbocycles. The lowest BCUT2D eigenvalue weighted by atomic mass is 9.80. The fourth-order valence-electron chi connectivity index (χ4n) is 10.5. The van der Waals surface area contributed by atoms with Crippen LogP contribution in [0.5, 0.6) is 0 Å². The average Bonchev–Trinajstić information content (AvgIpc) is 3.52. The van der Waals surface area contributed by atoms with Gasteiger partial charge in [-0.3, -0.25) is 0 Å². The molecule has 59 heavy (non-hydrogen) atoms. The van der Waals surface area contributed by atoms with E-state index in [1.54, 1.807) is 0 Å². The fraction of sp³-hybridized carbons (Fsp3) is 0.0508. The summed E-state index contributed by atoms with van der Waals surface area (Å²) in [5.41, 5.74) is 15.6. The minimum absolute atomic E-state index is 0.0652. The van der Waals surface area contributed by atoms with Gasteiger partial charge in [0.25, 0.3) is 0 Å². The van der Waals surface area contributed by atoms with Crippen LogP contribution in [0.2, 0.25) is 0 Å². The summed E-state index contributed by atoms with van der Waals surface area (Å²) in [6, 6.07) is 76.9. The zero-order valence-electron chi connectivity index (χ0n) is 33.1. The molecule has 0 N–H and O–H groups in total. The van der Waals surface area contributed by atoms with Crippen molar-refractivity contribution in [3.8, 4) is 55.6 Å². The molecule has 0 heteroatoms. The third kappa shape index (κ3) is 5.03. The Balaban J connectivity index is 1.03. The van der Waals surface area contributed by atoms with Crippen LogP contribution < -0.4 is 0 Å². The van der Waals surface area contributed by atoms with Crippen LogP contribution in [0.4, 0.5) is 0 Å². The van der Waals surface area contributed by atoms with Gasteiger partial charge in [0.05, 0.1) is 0 Å². The van der Waals surface area contributed by atoms with E-state index in [4.69, 9.17) is 0 Å².